The summed E-state index contributed by atoms with van der Waals surface area (Å²) in [6.07, 6.45) is 0.336. The van der Waals surface area contributed by atoms with Crippen LogP contribution in [0.5, 0.6) is 0 Å². The van der Waals surface area contributed by atoms with E-state index in [2.05, 4.69) is 5.32 Å². The van der Waals surface area contributed by atoms with E-state index in [-0.39, 0.29) is 30.5 Å². The molecule has 0 saturated carbocycles. The van der Waals surface area contributed by atoms with Crippen molar-refractivity contribution in [2.45, 2.75) is 25.2 Å². The molecule has 1 fully saturated rings. The Kier molecular flexibility index (Phi) is 3.83. The first-order valence-corrected chi connectivity index (χ1v) is 6.24. The number of esters is 1. The van der Waals surface area contributed by atoms with Gasteiger partial charge in [0.15, 0.2) is 0 Å². The van der Waals surface area contributed by atoms with Crippen molar-refractivity contribution in [2.24, 2.45) is 0 Å². The van der Waals surface area contributed by atoms with Crippen LogP contribution in [0.15, 0.2) is 24.3 Å². The van der Waals surface area contributed by atoms with E-state index in [1.165, 1.54) is 12.1 Å². The standard InChI is InChI=1S/C14H16FNO3/c1-2-19-13(18)8-14(7-12(17)16-9-14)10-3-5-11(15)6-4-10/h3-6H,2,7-9H2,1H3,(H,16,17). The molecule has 0 bridgehead atoms. The zero-order chi connectivity index (χ0) is 13.9. The van der Waals surface area contributed by atoms with E-state index >= 15 is 0 Å². The molecule has 1 atom stereocenters. The van der Waals surface area contributed by atoms with Crippen LogP contribution in [0.4, 0.5) is 4.39 Å². The Morgan fingerprint density at radius 1 is 1.42 bits per heavy atom. The van der Waals surface area contributed by atoms with Crippen LogP contribution in [-0.4, -0.2) is 25.0 Å². The monoisotopic (exact) mass is 265 g/mol. The normalized spacial score (nSPS) is 22.1. The van der Waals surface area contributed by atoms with Gasteiger partial charge in [-0.15, -0.1) is 0 Å². The molecule has 102 valence electrons. The number of ether oxygens (including phenoxy) is 1. The summed E-state index contributed by atoms with van der Waals surface area (Å²) in [6.45, 7) is 2.41. The highest BCUT2D eigenvalue weighted by atomic mass is 19.1. The molecule has 0 radical (unpaired) electrons. The third-order valence-electron chi connectivity index (χ3n) is 3.37. The number of halogens is 1. The zero-order valence-corrected chi connectivity index (χ0v) is 10.7. The summed E-state index contributed by atoms with van der Waals surface area (Å²) in [5, 5.41) is 2.73. The molecule has 1 N–H and O–H groups in total. The lowest BCUT2D eigenvalue weighted by molar-refractivity contribution is -0.144. The van der Waals surface area contributed by atoms with E-state index in [0.29, 0.717) is 13.2 Å². The van der Waals surface area contributed by atoms with Crippen molar-refractivity contribution in [3.05, 3.63) is 35.6 Å². The topological polar surface area (TPSA) is 55.4 Å². The van der Waals surface area contributed by atoms with Crippen molar-refractivity contribution in [2.75, 3.05) is 13.2 Å². The average Bonchev–Trinajstić information content (AvgIpc) is 2.73. The summed E-state index contributed by atoms with van der Waals surface area (Å²) in [5.41, 5.74) is 0.150. The molecule has 2 rings (SSSR count). The molecule has 1 saturated heterocycles. The lowest BCUT2D eigenvalue weighted by Crippen LogP contribution is -2.32. The maximum Gasteiger partial charge on any atom is 0.306 e. The Morgan fingerprint density at radius 2 is 2.11 bits per heavy atom. The van der Waals surface area contributed by atoms with Gasteiger partial charge >= 0.3 is 5.97 Å². The second-order valence-corrected chi connectivity index (χ2v) is 4.72. The molecule has 1 heterocycles. The Labute approximate surface area is 110 Å². The van der Waals surface area contributed by atoms with Gasteiger partial charge in [-0.25, -0.2) is 4.39 Å². The molecule has 1 aromatic rings. The number of carbonyl (C=O) groups is 2. The molecule has 1 aromatic carbocycles. The molecule has 1 unspecified atom stereocenters. The van der Waals surface area contributed by atoms with Gasteiger partial charge in [0.1, 0.15) is 5.82 Å². The van der Waals surface area contributed by atoms with Crippen molar-refractivity contribution in [1.82, 2.24) is 5.32 Å². The molecule has 1 amide bonds. The van der Waals surface area contributed by atoms with E-state index < -0.39 is 5.41 Å². The first-order chi connectivity index (χ1) is 9.05. The lowest BCUT2D eigenvalue weighted by atomic mass is 9.77. The van der Waals surface area contributed by atoms with Gasteiger partial charge in [-0.1, -0.05) is 12.1 Å². The largest absolute Gasteiger partial charge is 0.466 e. The summed E-state index contributed by atoms with van der Waals surface area (Å²) >= 11 is 0. The molecule has 1 aliphatic heterocycles. The molecular weight excluding hydrogens is 249 g/mol. The van der Waals surface area contributed by atoms with Crippen molar-refractivity contribution >= 4 is 11.9 Å². The van der Waals surface area contributed by atoms with E-state index in [0.717, 1.165) is 5.56 Å². The van der Waals surface area contributed by atoms with Gasteiger partial charge in [-0.3, -0.25) is 9.59 Å². The molecule has 5 heteroatoms. The summed E-state index contributed by atoms with van der Waals surface area (Å²) in [4.78, 5) is 23.2. The van der Waals surface area contributed by atoms with Crippen LogP contribution in [0.3, 0.4) is 0 Å². The molecule has 0 aliphatic carbocycles. The van der Waals surface area contributed by atoms with Gasteiger partial charge in [0.25, 0.3) is 0 Å². The minimum atomic E-state index is -0.628. The first kappa shape index (κ1) is 13.5. The van der Waals surface area contributed by atoms with Gasteiger partial charge in [-0.2, -0.15) is 0 Å². The fourth-order valence-electron chi connectivity index (χ4n) is 2.42. The zero-order valence-electron chi connectivity index (χ0n) is 10.7. The summed E-state index contributed by atoms with van der Waals surface area (Å²) in [5.74, 6) is -0.788. The third kappa shape index (κ3) is 2.92. The average molecular weight is 265 g/mol. The SMILES string of the molecule is CCOC(=O)CC1(c2ccc(F)cc2)CNC(=O)C1. The van der Waals surface area contributed by atoms with Crippen LogP contribution < -0.4 is 5.32 Å². The van der Waals surface area contributed by atoms with E-state index in [1.807, 2.05) is 0 Å². The summed E-state index contributed by atoms with van der Waals surface area (Å²) < 4.78 is 17.9. The molecule has 19 heavy (non-hydrogen) atoms. The number of nitrogens with one attached hydrogen (secondary N) is 1. The van der Waals surface area contributed by atoms with Crippen LogP contribution >= 0.6 is 0 Å². The van der Waals surface area contributed by atoms with Crippen LogP contribution in [0.2, 0.25) is 0 Å². The number of amides is 1. The van der Waals surface area contributed by atoms with Gasteiger partial charge in [0.05, 0.1) is 13.0 Å². The third-order valence-corrected chi connectivity index (χ3v) is 3.37. The van der Waals surface area contributed by atoms with Crippen molar-refractivity contribution in [3.8, 4) is 0 Å². The highest BCUT2D eigenvalue weighted by molar-refractivity contribution is 5.83. The van der Waals surface area contributed by atoms with E-state index in [1.54, 1.807) is 19.1 Å². The molecule has 0 aromatic heterocycles. The summed E-state index contributed by atoms with van der Waals surface area (Å²) in [7, 11) is 0. The van der Waals surface area contributed by atoms with Gasteiger partial charge < -0.3 is 10.1 Å². The quantitative estimate of drug-likeness (QED) is 0.840. The summed E-state index contributed by atoms with van der Waals surface area (Å²) in [6, 6.07) is 5.92. The number of hydrogen-bond acceptors (Lipinski definition) is 3. The van der Waals surface area contributed by atoms with Gasteiger partial charge in [0.2, 0.25) is 5.91 Å². The fourth-order valence-corrected chi connectivity index (χ4v) is 2.42. The van der Waals surface area contributed by atoms with Crippen LogP contribution in [0.1, 0.15) is 25.3 Å². The minimum Gasteiger partial charge on any atom is -0.466 e. The number of benzene rings is 1. The minimum absolute atomic E-state index is 0.103. The van der Waals surface area contributed by atoms with Crippen molar-refractivity contribution in [3.63, 3.8) is 0 Å². The van der Waals surface area contributed by atoms with Gasteiger partial charge in [0, 0.05) is 18.4 Å². The maximum atomic E-state index is 13.0. The Balaban J connectivity index is 2.27. The lowest BCUT2D eigenvalue weighted by Gasteiger charge is -2.26. The second-order valence-electron chi connectivity index (χ2n) is 4.72. The van der Waals surface area contributed by atoms with Crippen LogP contribution in [0.25, 0.3) is 0 Å². The Bertz CT molecular complexity index is 486. The van der Waals surface area contributed by atoms with Crippen LogP contribution in [0, 0.1) is 5.82 Å². The van der Waals surface area contributed by atoms with Crippen LogP contribution in [-0.2, 0) is 19.7 Å². The first-order valence-electron chi connectivity index (χ1n) is 6.24. The molecular formula is C14H16FNO3. The molecule has 4 nitrogen and oxygen atoms in total. The molecule has 1 aliphatic rings. The highest BCUT2D eigenvalue weighted by Gasteiger charge is 2.42. The second kappa shape index (κ2) is 5.38. The smallest absolute Gasteiger partial charge is 0.306 e. The van der Waals surface area contributed by atoms with E-state index in [4.69, 9.17) is 4.74 Å². The predicted molar refractivity (Wildman–Crippen MR) is 67.0 cm³/mol. The number of hydrogen-bond donors (Lipinski definition) is 1. The predicted octanol–water partition coefficient (Wildman–Crippen LogP) is 1.54. The Morgan fingerprint density at radius 3 is 2.63 bits per heavy atom. The molecule has 0 spiro atoms. The fraction of sp³-hybridized carbons (Fsp3) is 0.429. The maximum absolute atomic E-state index is 13.0. The van der Waals surface area contributed by atoms with Crippen molar-refractivity contribution in [1.29, 1.82) is 0 Å². The van der Waals surface area contributed by atoms with E-state index in [9.17, 15) is 14.0 Å². The Hall–Kier alpha value is -1.91. The number of rotatable bonds is 4. The highest BCUT2D eigenvalue weighted by Crippen LogP contribution is 2.35. The number of carbonyl (C=O) groups excluding carboxylic acids is 2. The van der Waals surface area contributed by atoms with Crippen molar-refractivity contribution < 1.29 is 18.7 Å². The van der Waals surface area contributed by atoms with Gasteiger partial charge in [-0.05, 0) is 24.6 Å².